The van der Waals surface area contributed by atoms with E-state index in [1.807, 2.05) is 0 Å². The Labute approximate surface area is 208 Å². The van der Waals surface area contributed by atoms with Crippen LogP contribution in [0.1, 0.15) is 28.8 Å². The molecular formula is C26H30F3N3O4. The third kappa shape index (κ3) is 5.05. The smallest absolute Gasteiger partial charge is 0.430 e. The Morgan fingerprint density at radius 3 is 2.08 bits per heavy atom. The molecule has 0 spiro atoms. The van der Waals surface area contributed by atoms with E-state index in [9.17, 15) is 27.9 Å². The summed E-state index contributed by atoms with van der Waals surface area (Å²) in [7, 11) is 3.38. The topological polar surface area (TPSA) is 73.3 Å². The van der Waals surface area contributed by atoms with Crippen LogP contribution in [0.4, 0.5) is 13.2 Å². The number of rotatable bonds is 6. The van der Waals surface area contributed by atoms with Gasteiger partial charge in [0.15, 0.2) is 0 Å². The molecule has 2 aliphatic rings. The van der Waals surface area contributed by atoms with Gasteiger partial charge in [-0.05, 0) is 37.1 Å². The van der Waals surface area contributed by atoms with E-state index in [-0.39, 0.29) is 31.1 Å². The second-order valence-corrected chi connectivity index (χ2v) is 9.52. The number of hydrogen-bond acceptors (Lipinski definition) is 5. The van der Waals surface area contributed by atoms with Crippen molar-refractivity contribution in [3.05, 3.63) is 65.7 Å². The predicted molar refractivity (Wildman–Crippen MR) is 126 cm³/mol. The van der Waals surface area contributed by atoms with Gasteiger partial charge in [0.05, 0.1) is 0 Å². The molecule has 2 heterocycles. The van der Waals surface area contributed by atoms with Gasteiger partial charge in [0.1, 0.15) is 11.9 Å². The number of likely N-dealkylation sites (tertiary alicyclic amines) is 2. The van der Waals surface area contributed by atoms with Gasteiger partial charge in [0.2, 0.25) is 0 Å². The van der Waals surface area contributed by atoms with Gasteiger partial charge >= 0.3 is 6.18 Å². The molecule has 2 amide bonds. The Bertz CT molecular complexity index is 1060. The van der Waals surface area contributed by atoms with Gasteiger partial charge in [-0.3, -0.25) is 14.5 Å². The van der Waals surface area contributed by atoms with Crippen LogP contribution in [0.15, 0.2) is 54.6 Å². The highest BCUT2D eigenvalue weighted by Gasteiger charge is 2.62. The van der Waals surface area contributed by atoms with E-state index in [1.165, 1.54) is 23.1 Å². The number of carbonyl (C=O) groups excluding carboxylic acids is 2. The second-order valence-electron chi connectivity index (χ2n) is 9.52. The molecule has 194 valence electrons. The molecule has 7 nitrogen and oxygen atoms in total. The maximum atomic E-state index is 13.8. The summed E-state index contributed by atoms with van der Waals surface area (Å²) < 4.78 is 47.5. The van der Waals surface area contributed by atoms with E-state index in [2.05, 4.69) is 4.90 Å². The number of hydrogen-bond donors (Lipinski definition) is 1. The standard InChI is InChI=1S/C26H30F3N3O4/c1-30(2)23(33)18-8-10-21(11-9-18)36-22-16-32(17-22)20-12-14-31(15-13-20)24(34)25(35,26(27,28)29)19-6-4-3-5-7-19/h3-11,20,22,35H,12-17H2,1-2H3. The van der Waals surface area contributed by atoms with E-state index < -0.39 is 23.2 Å². The van der Waals surface area contributed by atoms with Crippen LogP contribution in [-0.4, -0.2) is 90.2 Å². The summed E-state index contributed by atoms with van der Waals surface area (Å²) >= 11 is 0. The first-order chi connectivity index (χ1) is 17.0. The molecule has 0 radical (unpaired) electrons. The number of nitrogens with zero attached hydrogens (tertiary/aromatic N) is 3. The first kappa shape index (κ1) is 26.0. The molecule has 0 saturated carbocycles. The summed E-state index contributed by atoms with van der Waals surface area (Å²) in [6, 6.07) is 13.6. The molecular weight excluding hydrogens is 475 g/mol. The van der Waals surface area contributed by atoms with Crippen molar-refractivity contribution in [2.24, 2.45) is 0 Å². The van der Waals surface area contributed by atoms with Crippen molar-refractivity contribution < 1.29 is 32.6 Å². The summed E-state index contributed by atoms with van der Waals surface area (Å²) in [4.78, 5) is 29.7. The largest absolute Gasteiger partial charge is 0.488 e. The lowest BCUT2D eigenvalue weighted by Gasteiger charge is -2.47. The monoisotopic (exact) mass is 505 g/mol. The fourth-order valence-electron chi connectivity index (χ4n) is 4.72. The lowest BCUT2D eigenvalue weighted by atomic mass is 9.90. The van der Waals surface area contributed by atoms with E-state index >= 15 is 0 Å². The van der Waals surface area contributed by atoms with Crippen LogP contribution in [0.25, 0.3) is 0 Å². The maximum Gasteiger partial charge on any atom is 0.430 e. The number of benzene rings is 2. The average Bonchev–Trinajstić information content (AvgIpc) is 2.85. The quantitative estimate of drug-likeness (QED) is 0.654. The minimum Gasteiger partial charge on any atom is -0.488 e. The number of halogens is 3. The molecule has 2 saturated heterocycles. The fraction of sp³-hybridized carbons (Fsp3) is 0.462. The van der Waals surface area contributed by atoms with Gasteiger partial charge in [-0.25, -0.2) is 0 Å². The van der Waals surface area contributed by atoms with Crippen LogP contribution in [0.5, 0.6) is 5.75 Å². The van der Waals surface area contributed by atoms with Crippen LogP contribution < -0.4 is 4.74 Å². The molecule has 2 aromatic carbocycles. The molecule has 0 bridgehead atoms. The van der Waals surface area contributed by atoms with Crippen LogP contribution in [0, 0.1) is 0 Å². The number of aliphatic hydroxyl groups is 1. The van der Waals surface area contributed by atoms with Crippen molar-refractivity contribution in [1.82, 2.24) is 14.7 Å². The Morgan fingerprint density at radius 2 is 1.56 bits per heavy atom. The van der Waals surface area contributed by atoms with Crippen molar-refractivity contribution in [1.29, 1.82) is 0 Å². The van der Waals surface area contributed by atoms with E-state index in [0.717, 1.165) is 17.0 Å². The Balaban J connectivity index is 1.29. The highest BCUT2D eigenvalue weighted by molar-refractivity contribution is 5.94. The van der Waals surface area contributed by atoms with E-state index in [4.69, 9.17) is 4.74 Å². The van der Waals surface area contributed by atoms with E-state index in [1.54, 1.807) is 38.4 Å². The summed E-state index contributed by atoms with van der Waals surface area (Å²) in [5.41, 5.74) is -3.47. The first-order valence-corrected chi connectivity index (χ1v) is 11.9. The third-order valence-corrected chi connectivity index (χ3v) is 6.87. The summed E-state index contributed by atoms with van der Waals surface area (Å²) in [5, 5.41) is 10.6. The van der Waals surface area contributed by atoms with Crippen LogP contribution in [0.3, 0.4) is 0 Å². The number of alkyl halides is 3. The molecule has 1 N–H and O–H groups in total. The van der Waals surface area contributed by atoms with Gasteiger partial charge in [0.25, 0.3) is 17.4 Å². The highest BCUT2D eigenvalue weighted by atomic mass is 19.4. The number of piperidine rings is 1. The molecule has 2 aliphatic heterocycles. The SMILES string of the molecule is CN(C)C(=O)c1ccc(OC2CN(C3CCN(C(=O)C(O)(c4ccccc4)C(F)(F)F)CC3)C2)cc1. The third-order valence-electron chi connectivity index (χ3n) is 6.87. The maximum absolute atomic E-state index is 13.8. The first-order valence-electron chi connectivity index (χ1n) is 11.9. The van der Waals surface area contributed by atoms with Crippen LogP contribution >= 0.6 is 0 Å². The van der Waals surface area contributed by atoms with Crippen molar-refractivity contribution in [2.75, 3.05) is 40.3 Å². The van der Waals surface area contributed by atoms with Crippen molar-refractivity contribution in [3.63, 3.8) is 0 Å². The zero-order valence-corrected chi connectivity index (χ0v) is 20.2. The van der Waals surface area contributed by atoms with E-state index in [0.29, 0.717) is 37.2 Å². The zero-order chi connectivity index (χ0) is 26.1. The Kier molecular flexibility index (Phi) is 7.28. The number of amides is 2. The minimum absolute atomic E-state index is 0.0199. The normalized spacial score (nSPS) is 19.3. The molecule has 36 heavy (non-hydrogen) atoms. The molecule has 1 unspecified atom stereocenters. The average molecular weight is 506 g/mol. The van der Waals surface area contributed by atoms with Crippen molar-refractivity contribution in [2.45, 2.75) is 36.8 Å². The van der Waals surface area contributed by atoms with Crippen molar-refractivity contribution >= 4 is 11.8 Å². The van der Waals surface area contributed by atoms with Gasteiger partial charge in [-0.2, -0.15) is 13.2 Å². The molecule has 4 rings (SSSR count). The fourth-order valence-corrected chi connectivity index (χ4v) is 4.72. The minimum atomic E-state index is -5.14. The van der Waals surface area contributed by atoms with Crippen LogP contribution in [0.2, 0.25) is 0 Å². The number of ether oxygens (including phenoxy) is 1. The molecule has 2 aromatic rings. The molecule has 0 aliphatic carbocycles. The number of carbonyl (C=O) groups is 2. The van der Waals surface area contributed by atoms with Gasteiger partial charge in [0, 0.05) is 57.4 Å². The molecule has 2 fully saturated rings. The second kappa shape index (κ2) is 10.1. The predicted octanol–water partition coefficient (Wildman–Crippen LogP) is 2.89. The lowest BCUT2D eigenvalue weighted by Crippen LogP contribution is -2.62. The molecule has 0 aromatic heterocycles. The Hall–Kier alpha value is -3.11. The molecule has 1 atom stereocenters. The van der Waals surface area contributed by atoms with Gasteiger partial charge in [-0.1, -0.05) is 30.3 Å². The molecule has 10 heteroatoms. The summed E-state index contributed by atoms with van der Waals surface area (Å²) in [6.45, 7) is 1.62. The Morgan fingerprint density at radius 1 is 0.972 bits per heavy atom. The van der Waals surface area contributed by atoms with Crippen LogP contribution in [-0.2, 0) is 10.4 Å². The summed E-state index contributed by atoms with van der Waals surface area (Å²) in [6.07, 6.45) is -4.12. The van der Waals surface area contributed by atoms with Crippen molar-refractivity contribution in [3.8, 4) is 5.75 Å². The van der Waals surface area contributed by atoms with Gasteiger partial charge in [-0.15, -0.1) is 0 Å². The lowest BCUT2D eigenvalue weighted by molar-refractivity contribution is -0.262. The zero-order valence-electron chi connectivity index (χ0n) is 20.2. The van der Waals surface area contributed by atoms with Gasteiger partial charge < -0.3 is 19.6 Å². The highest BCUT2D eigenvalue weighted by Crippen LogP contribution is 2.41. The summed E-state index contributed by atoms with van der Waals surface area (Å²) in [5.74, 6) is -0.748.